The number of nitrogens with zero attached hydrogens (tertiary/aromatic N) is 4. The molecule has 0 spiro atoms. The number of piperidine rings is 1. The van der Waals surface area contributed by atoms with Crippen LogP contribution in [0.5, 0.6) is 0 Å². The maximum atomic E-state index is 12.8. The Kier molecular flexibility index (Phi) is 8.25. The van der Waals surface area contributed by atoms with Crippen molar-refractivity contribution in [2.45, 2.75) is 48.7 Å². The summed E-state index contributed by atoms with van der Waals surface area (Å²) in [7, 11) is 0. The first kappa shape index (κ1) is 26.8. The summed E-state index contributed by atoms with van der Waals surface area (Å²) in [6.07, 6.45) is -0.283. The standard InChI is InChI=1S/C27H27F3N4O2S/c1-20-3-2-4-24(13-20)37-26(18-36-25(35)27(28,29)30)9-11-33(12-10-26)17-23-15-32-19-34(23)16-22-7-5-21(14-31)6-8-22/h2-8,13,15,19H,9-12,16-18H2,1H3. The van der Waals surface area contributed by atoms with Crippen molar-refractivity contribution >= 4 is 17.7 Å². The van der Waals surface area contributed by atoms with Gasteiger partial charge in [-0.2, -0.15) is 18.4 Å². The predicted molar refractivity (Wildman–Crippen MR) is 134 cm³/mol. The average Bonchev–Trinajstić information content (AvgIpc) is 3.30. The number of rotatable bonds is 8. The first-order valence-corrected chi connectivity index (χ1v) is 12.7. The summed E-state index contributed by atoms with van der Waals surface area (Å²) in [6, 6.07) is 17.3. The van der Waals surface area contributed by atoms with E-state index in [9.17, 15) is 18.0 Å². The summed E-state index contributed by atoms with van der Waals surface area (Å²) in [6.45, 7) is 4.21. The van der Waals surface area contributed by atoms with Crippen LogP contribution in [0.25, 0.3) is 0 Å². The number of ether oxygens (including phenoxy) is 1. The van der Waals surface area contributed by atoms with E-state index in [1.165, 1.54) is 11.8 Å². The number of aryl methyl sites for hydroxylation is 1. The number of carbonyl (C=O) groups is 1. The van der Waals surface area contributed by atoms with Gasteiger partial charge in [-0.25, -0.2) is 9.78 Å². The highest BCUT2D eigenvalue weighted by molar-refractivity contribution is 8.00. The van der Waals surface area contributed by atoms with Gasteiger partial charge in [0.1, 0.15) is 6.61 Å². The molecule has 1 saturated heterocycles. The quantitative estimate of drug-likeness (QED) is 0.368. The van der Waals surface area contributed by atoms with Crippen LogP contribution in [0, 0.1) is 18.3 Å². The van der Waals surface area contributed by atoms with E-state index in [1.54, 1.807) is 18.5 Å². The van der Waals surface area contributed by atoms with Crippen LogP contribution in [0.1, 0.15) is 35.2 Å². The normalized spacial score (nSPS) is 15.8. The summed E-state index contributed by atoms with van der Waals surface area (Å²) < 4.78 is 44.6. The van der Waals surface area contributed by atoms with Gasteiger partial charge in [-0.05, 0) is 49.6 Å². The molecule has 194 valence electrons. The number of benzene rings is 2. The zero-order valence-corrected chi connectivity index (χ0v) is 21.2. The third-order valence-corrected chi connectivity index (χ3v) is 7.86. The molecule has 0 N–H and O–H groups in total. The molecule has 0 radical (unpaired) electrons. The largest absolute Gasteiger partial charge is 0.490 e. The van der Waals surface area contributed by atoms with Gasteiger partial charge < -0.3 is 9.30 Å². The van der Waals surface area contributed by atoms with E-state index in [4.69, 9.17) is 10.00 Å². The molecule has 1 aromatic heterocycles. The highest BCUT2D eigenvalue weighted by Gasteiger charge is 2.44. The lowest BCUT2D eigenvalue weighted by Gasteiger charge is -2.41. The van der Waals surface area contributed by atoms with Crippen LogP contribution >= 0.6 is 11.8 Å². The number of imidazole rings is 1. The molecule has 6 nitrogen and oxygen atoms in total. The number of hydrogen-bond donors (Lipinski definition) is 0. The molecule has 1 aliphatic rings. The first-order chi connectivity index (χ1) is 17.7. The van der Waals surface area contributed by atoms with E-state index in [0.29, 0.717) is 44.6 Å². The van der Waals surface area contributed by atoms with E-state index in [2.05, 4.69) is 20.5 Å². The number of carbonyl (C=O) groups excluding carboxylic acids is 1. The molecule has 2 heterocycles. The van der Waals surface area contributed by atoms with Gasteiger partial charge in [0, 0.05) is 37.3 Å². The monoisotopic (exact) mass is 528 g/mol. The molecule has 0 aliphatic carbocycles. The SMILES string of the molecule is Cc1cccc(SC2(COC(=O)C(F)(F)F)CCN(Cc3cncn3Cc3ccc(C#N)cc3)CC2)c1. The Labute approximate surface area is 218 Å². The number of alkyl halides is 3. The lowest BCUT2D eigenvalue weighted by molar-refractivity contribution is -0.200. The van der Waals surface area contributed by atoms with Crippen LogP contribution in [0.2, 0.25) is 0 Å². The summed E-state index contributed by atoms with van der Waals surface area (Å²) in [5.41, 5.74) is 3.74. The lowest BCUT2D eigenvalue weighted by Crippen LogP contribution is -2.46. The molecule has 4 rings (SSSR count). The van der Waals surface area contributed by atoms with Crippen LogP contribution in [-0.4, -0.2) is 51.0 Å². The maximum absolute atomic E-state index is 12.8. The van der Waals surface area contributed by atoms with Crippen molar-refractivity contribution < 1.29 is 22.7 Å². The van der Waals surface area contributed by atoms with Gasteiger partial charge >= 0.3 is 12.1 Å². The molecule has 10 heteroatoms. The van der Waals surface area contributed by atoms with Gasteiger partial charge in [0.25, 0.3) is 0 Å². The number of halogens is 3. The molecular weight excluding hydrogens is 501 g/mol. The predicted octanol–water partition coefficient (Wildman–Crippen LogP) is 5.34. The van der Waals surface area contributed by atoms with Crippen molar-refractivity contribution in [2.75, 3.05) is 19.7 Å². The fourth-order valence-electron chi connectivity index (χ4n) is 4.33. The van der Waals surface area contributed by atoms with Gasteiger partial charge in [0.2, 0.25) is 0 Å². The topological polar surface area (TPSA) is 71.2 Å². The van der Waals surface area contributed by atoms with E-state index < -0.39 is 16.9 Å². The molecule has 0 atom stereocenters. The van der Waals surface area contributed by atoms with Crippen LogP contribution in [0.15, 0.2) is 66.0 Å². The number of aromatic nitrogens is 2. The van der Waals surface area contributed by atoms with E-state index in [-0.39, 0.29) is 6.61 Å². The molecule has 1 aliphatic heterocycles. The average molecular weight is 529 g/mol. The second-order valence-corrected chi connectivity index (χ2v) is 10.8. The van der Waals surface area contributed by atoms with Gasteiger partial charge in [-0.15, -0.1) is 11.8 Å². The third kappa shape index (κ3) is 7.14. The summed E-state index contributed by atoms with van der Waals surface area (Å²) in [5.74, 6) is -2.15. The van der Waals surface area contributed by atoms with E-state index >= 15 is 0 Å². The fraction of sp³-hybridized carbons (Fsp3) is 0.370. The lowest BCUT2D eigenvalue weighted by atomic mass is 9.96. The van der Waals surface area contributed by atoms with Crippen LogP contribution in [0.4, 0.5) is 13.2 Å². The third-order valence-electron chi connectivity index (χ3n) is 6.41. The Morgan fingerprint density at radius 2 is 1.89 bits per heavy atom. The Bertz CT molecular complexity index is 1260. The summed E-state index contributed by atoms with van der Waals surface area (Å²) >= 11 is 1.48. The molecule has 37 heavy (non-hydrogen) atoms. The molecule has 2 aromatic carbocycles. The van der Waals surface area contributed by atoms with E-state index in [1.807, 2.05) is 49.5 Å². The maximum Gasteiger partial charge on any atom is 0.490 e. The molecule has 3 aromatic rings. The smallest absolute Gasteiger partial charge is 0.458 e. The number of likely N-dealkylation sites (tertiary alicyclic amines) is 1. The molecule has 0 saturated carbocycles. The zero-order chi connectivity index (χ0) is 26.5. The molecule has 0 unspecified atom stereocenters. The van der Waals surface area contributed by atoms with Crippen molar-refractivity contribution in [3.05, 3.63) is 83.4 Å². The van der Waals surface area contributed by atoms with Crippen molar-refractivity contribution in [1.29, 1.82) is 5.26 Å². The minimum atomic E-state index is -5.01. The Hall–Kier alpha value is -3.29. The van der Waals surface area contributed by atoms with Gasteiger partial charge in [-0.1, -0.05) is 29.8 Å². The Morgan fingerprint density at radius 1 is 1.16 bits per heavy atom. The fourth-order valence-corrected chi connectivity index (χ4v) is 5.73. The highest BCUT2D eigenvalue weighted by Crippen LogP contribution is 2.42. The molecule has 0 amide bonds. The Balaban J connectivity index is 1.42. The van der Waals surface area contributed by atoms with Gasteiger partial charge in [0.05, 0.1) is 28.4 Å². The highest BCUT2D eigenvalue weighted by atomic mass is 32.2. The van der Waals surface area contributed by atoms with E-state index in [0.717, 1.165) is 21.7 Å². The van der Waals surface area contributed by atoms with Crippen molar-refractivity contribution in [3.8, 4) is 6.07 Å². The molecule has 0 bridgehead atoms. The minimum Gasteiger partial charge on any atom is -0.458 e. The van der Waals surface area contributed by atoms with Gasteiger partial charge in [0.15, 0.2) is 0 Å². The number of hydrogen-bond acceptors (Lipinski definition) is 6. The van der Waals surface area contributed by atoms with Crippen LogP contribution in [0.3, 0.4) is 0 Å². The van der Waals surface area contributed by atoms with Crippen molar-refractivity contribution in [1.82, 2.24) is 14.5 Å². The zero-order valence-electron chi connectivity index (χ0n) is 20.4. The van der Waals surface area contributed by atoms with Crippen molar-refractivity contribution in [2.24, 2.45) is 0 Å². The molecular formula is C27H27F3N4O2S. The minimum absolute atomic E-state index is 0.297. The number of esters is 1. The van der Waals surface area contributed by atoms with Crippen LogP contribution < -0.4 is 0 Å². The second-order valence-electron chi connectivity index (χ2n) is 9.27. The second kappa shape index (κ2) is 11.4. The van der Waals surface area contributed by atoms with Crippen molar-refractivity contribution in [3.63, 3.8) is 0 Å². The number of thioether (sulfide) groups is 1. The number of nitriles is 1. The van der Waals surface area contributed by atoms with Crippen LogP contribution in [-0.2, 0) is 22.6 Å². The van der Waals surface area contributed by atoms with Gasteiger partial charge in [-0.3, -0.25) is 4.90 Å². The summed E-state index contributed by atoms with van der Waals surface area (Å²) in [5, 5.41) is 8.99. The molecule has 1 fully saturated rings. The Morgan fingerprint density at radius 3 is 2.54 bits per heavy atom. The first-order valence-electron chi connectivity index (χ1n) is 11.9. The summed E-state index contributed by atoms with van der Waals surface area (Å²) in [4.78, 5) is 18.9.